The van der Waals surface area contributed by atoms with Crippen molar-refractivity contribution in [2.45, 2.75) is 25.7 Å². The van der Waals surface area contributed by atoms with Gasteiger partial charge in [-0.25, -0.2) is 8.42 Å². The molecule has 0 saturated carbocycles. The van der Waals surface area contributed by atoms with E-state index >= 15 is 0 Å². The first-order chi connectivity index (χ1) is 9.70. The third kappa shape index (κ3) is 3.39. The van der Waals surface area contributed by atoms with Crippen LogP contribution in [0.5, 0.6) is 0 Å². The summed E-state index contributed by atoms with van der Waals surface area (Å²) in [6.07, 6.45) is 0. The summed E-state index contributed by atoms with van der Waals surface area (Å²) in [5.41, 5.74) is 9.22. The number of sulfonamides is 1. The van der Waals surface area contributed by atoms with Gasteiger partial charge in [-0.05, 0) is 71.6 Å². The highest BCUT2D eigenvalue weighted by atomic mass is 79.9. The molecule has 4 nitrogen and oxygen atoms in total. The van der Waals surface area contributed by atoms with Crippen LogP contribution in [0.25, 0.3) is 0 Å². The van der Waals surface area contributed by atoms with E-state index in [0.717, 1.165) is 11.1 Å². The monoisotopic (exact) mass is 368 g/mol. The van der Waals surface area contributed by atoms with Crippen molar-refractivity contribution in [1.29, 1.82) is 0 Å². The number of nitrogens with one attached hydrogen (secondary N) is 1. The Morgan fingerprint density at radius 2 is 1.71 bits per heavy atom. The van der Waals surface area contributed by atoms with Crippen molar-refractivity contribution in [3.63, 3.8) is 0 Å². The van der Waals surface area contributed by atoms with Crippen LogP contribution < -0.4 is 10.5 Å². The fourth-order valence-electron chi connectivity index (χ4n) is 2.14. The molecule has 2 rings (SSSR count). The molecule has 0 bridgehead atoms. The molecule has 6 heteroatoms. The molecule has 21 heavy (non-hydrogen) atoms. The van der Waals surface area contributed by atoms with Gasteiger partial charge in [0, 0.05) is 10.2 Å². The molecule has 0 atom stereocenters. The summed E-state index contributed by atoms with van der Waals surface area (Å²) in [7, 11) is -3.68. The van der Waals surface area contributed by atoms with Gasteiger partial charge >= 0.3 is 0 Å². The van der Waals surface area contributed by atoms with Crippen molar-refractivity contribution < 1.29 is 8.42 Å². The molecule has 0 aromatic heterocycles. The van der Waals surface area contributed by atoms with E-state index in [1.807, 2.05) is 26.0 Å². The van der Waals surface area contributed by atoms with Crippen molar-refractivity contribution in [3.8, 4) is 0 Å². The van der Waals surface area contributed by atoms with Crippen LogP contribution in [-0.2, 0) is 10.0 Å². The van der Waals surface area contributed by atoms with Crippen LogP contribution in [0.1, 0.15) is 16.7 Å². The Kier molecular flexibility index (Phi) is 4.30. The number of nitrogen functional groups attached to an aromatic ring is 1. The van der Waals surface area contributed by atoms with Gasteiger partial charge in [0.25, 0.3) is 10.0 Å². The van der Waals surface area contributed by atoms with Crippen molar-refractivity contribution in [2.75, 3.05) is 10.5 Å². The average Bonchev–Trinajstić information content (AvgIpc) is 2.36. The van der Waals surface area contributed by atoms with Gasteiger partial charge < -0.3 is 5.73 Å². The zero-order valence-electron chi connectivity index (χ0n) is 12.1. The molecule has 112 valence electrons. The number of halogens is 1. The maximum absolute atomic E-state index is 12.6. The second-order valence-corrected chi connectivity index (χ2v) is 7.57. The van der Waals surface area contributed by atoms with E-state index in [4.69, 9.17) is 5.73 Å². The molecule has 0 saturated heterocycles. The van der Waals surface area contributed by atoms with Gasteiger partial charge in [-0.3, -0.25) is 4.72 Å². The molecule has 0 aliphatic carbocycles. The molecular formula is C15H17BrN2O2S. The number of rotatable bonds is 3. The lowest BCUT2D eigenvalue weighted by atomic mass is 10.1. The molecule has 0 amide bonds. The van der Waals surface area contributed by atoms with Gasteiger partial charge in [0.1, 0.15) is 0 Å². The first-order valence-electron chi connectivity index (χ1n) is 6.36. The van der Waals surface area contributed by atoms with Gasteiger partial charge in [0.05, 0.1) is 10.6 Å². The average molecular weight is 369 g/mol. The summed E-state index contributed by atoms with van der Waals surface area (Å²) < 4.78 is 28.5. The Balaban J connectivity index is 2.50. The van der Waals surface area contributed by atoms with Crippen LogP contribution >= 0.6 is 15.9 Å². The van der Waals surface area contributed by atoms with Gasteiger partial charge in [-0.2, -0.15) is 0 Å². The molecular weight excluding hydrogens is 352 g/mol. The second kappa shape index (κ2) is 5.69. The molecule has 2 aromatic rings. The van der Waals surface area contributed by atoms with Crippen molar-refractivity contribution in [1.82, 2.24) is 0 Å². The minimum Gasteiger partial charge on any atom is -0.399 e. The van der Waals surface area contributed by atoms with Crippen LogP contribution in [0.2, 0.25) is 0 Å². The van der Waals surface area contributed by atoms with Gasteiger partial charge in [0.15, 0.2) is 0 Å². The quantitative estimate of drug-likeness (QED) is 0.810. The molecule has 0 unspecified atom stereocenters. The van der Waals surface area contributed by atoms with Crippen LogP contribution in [0.4, 0.5) is 11.4 Å². The van der Waals surface area contributed by atoms with Gasteiger partial charge in [0.2, 0.25) is 0 Å². The van der Waals surface area contributed by atoms with E-state index < -0.39 is 10.0 Å². The molecule has 0 aliphatic heterocycles. The lowest BCUT2D eigenvalue weighted by Gasteiger charge is -2.15. The van der Waals surface area contributed by atoms with Crippen molar-refractivity contribution in [2.24, 2.45) is 0 Å². The Labute approximate surface area is 133 Å². The highest BCUT2D eigenvalue weighted by molar-refractivity contribution is 9.10. The van der Waals surface area contributed by atoms with Crippen molar-refractivity contribution in [3.05, 3.63) is 51.5 Å². The summed E-state index contributed by atoms with van der Waals surface area (Å²) in [6.45, 7) is 5.56. The summed E-state index contributed by atoms with van der Waals surface area (Å²) in [6, 6.07) is 8.64. The minimum atomic E-state index is -3.68. The largest absolute Gasteiger partial charge is 0.399 e. The number of aryl methyl sites for hydroxylation is 3. The van der Waals surface area contributed by atoms with E-state index in [-0.39, 0.29) is 4.90 Å². The maximum atomic E-state index is 12.6. The standard InChI is InChI=1S/C15H17BrN2O2S/c1-9-6-11(3)15(13(16)7-9)18-21(19,20)14-8-12(17)5-4-10(14)2/h4-8,18H,17H2,1-3H3. The fraction of sp³-hybridized carbons (Fsp3) is 0.200. The topological polar surface area (TPSA) is 72.2 Å². The summed E-state index contributed by atoms with van der Waals surface area (Å²) in [5.74, 6) is 0. The third-order valence-electron chi connectivity index (χ3n) is 3.17. The zero-order valence-corrected chi connectivity index (χ0v) is 14.5. The van der Waals surface area contributed by atoms with E-state index in [9.17, 15) is 8.42 Å². The minimum absolute atomic E-state index is 0.189. The van der Waals surface area contributed by atoms with E-state index in [1.165, 1.54) is 6.07 Å². The predicted molar refractivity (Wildman–Crippen MR) is 90.0 cm³/mol. The van der Waals surface area contributed by atoms with Crippen molar-refractivity contribution >= 4 is 37.3 Å². The number of anilines is 2. The second-order valence-electron chi connectivity index (χ2n) is 5.07. The number of hydrogen-bond donors (Lipinski definition) is 2. The molecule has 0 fully saturated rings. The normalized spacial score (nSPS) is 11.4. The first-order valence-corrected chi connectivity index (χ1v) is 8.64. The maximum Gasteiger partial charge on any atom is 0.262 e. The Bertz CT molecular complexity index is 778. The van der Waals surface area contributed by atoms with E-state index in [2.05, 4.69) is 20.7 Å². The van der Waals surface area contributed by atoms with Crippen LogP contribution in [0, 0.1) is 20.8 Å². The Morgan fingerprint density at radius 1 is 1.05 bits per heavy atom. The van der Waals surface area contributed by atoms with E-state index in [1.54, 1.807) is 19.1 Å². The Hall–Kier alpha value is -1.53. The molecule has 3 N–H and O–H groups in total. The summed E-state index contributed by atoms with van der Waals surface area (Å²) in [4.78, 5) is 0.189. The van der Waals surface area contributed by atoms with Crippen LogP contribution in [0.3, 0.4) is 0 Å². The SMILES string of the molecule is Cc1cc(C)c(NS(=O)(=O)c2cc(N)ccc2C)c(Br)c1. The lowest BCUT2D eigenvalue weighted by molar-refractivity contribution is 0.600. The highest BCUT2D eigenvalue weighted by Gasteiger charge is 2.19. The zero-order chi connectivity index (χ0) is 15.8. The lowest BCUT2D eigenvalue weighted by Crippen LogP contribution is -2.16. The summed E-state index contributed by atoms with van der Waals surface area (Å²) in [5, 5.41) is 0. The van der Waals surface area contributed by atoms with Crippen LogP contribution in [-0.4, -0.2) is 8.42 Å². The number of nitrogens with two attached hydrogens (primary N) is 1. The fourth-order valence-corrected chi connectivity index (χ4v) is 4.48. The molecule has 2 aromatic carbocycles. The highest BCUT2D eigenvalue weighted by Crippen LogP contribution is 2.30. The smallest absolute Gasteiger partial charge is 0.262 e. The molecule has 0 heterocycles. The number of benzene rings is 2. The predicted octanol–water partition coefficient (Wildman–Crippen LogP) is 3.76. The molecule has 0 aliphatic rings. The first kappa shape index (κ1) is 15.9. The Morgan fingerprint density at radius 3 is 2.33 bits per heavy atom. The van der Waals surface area contributed by atoms with Gasteiger partial charge in [-0.1, -0.05) is 12.1 Å². The third-order valence-corrected chi connectivity index (χ3v) is 5.29. The number of hydrogen-bond acceptors (Lipinski definition) is 3. The van der Waals surface area contributed by atoms with E-state index in [0.29, 0.717) is 21.4 Å². The van der Waals surface area contributed by atoms with Crippen LogP contribution in [0.15, 0.2) is 39.7 Å². The molecule has 0 spiro atoms. The van der Waals surface area contributed by atoms with Gasteiger partial charge in [-0.15, -0.1) is 0 Å². The summed E-state index contributed by atoms with van der Waals surface area (Å²) >= 11 is 3.40. The molecule has 0 radical (unpaired) electrons.